The van der Waals surface area contributed by atoms with Gasteiger partial charge < -0.3 is 14.9 Å². The fourth-order valence-corrected chi connectivity index (χ4v) is 3.10. The van der Waals surface area contributed by atoms with Crippen molar-refractivity contribution in [1.29, 1.82) is 0 Å². The number of carbonyl (C=O) groups excluding carboxylic acids is 1. The smallest absolute Gasteiger partial charge is 0.319 e. The molecule has 20 heavy (non-hydrogen) atoms. The van der Waals surface area contributed by atoms with Gasteiger partial charge in [0.05, 0.1) is 0 Å². The summed E-state index contributed by atoms with van der Waals surface area (Å²) in [5.74, 6) is 0.414. The van der Waals surface area contributed by atoms with E-state index in [1.165, 1.54) is 12.8 Å². The van der Waals surface area contributed by atoms with Crippen molar-refractivity contribution in [2.75, 3.05) is 26.7 Å². The van der Waals surface area contributed by atoms with Gasteiger partial charge in [-0.05, 0) is 43.4 Å². The van der Waals surface area contributed by atoms with E-state index in [9.17, 15) is 9.59 Å². The zero-order chi connectivity index (χ0) is 14.7. The second kappa shape index (κ2) is 6.46. The SMILES string of the molecule is CC(CC(=O)O)C1CCCN(C(=O)N(C)CC2CC2)C1. The monoisotopic (exact) mass is 282 g/mol. The number of nitrogens with zero attached hydrogens (tertiary/aromatic N) is 2. The average molecular weight is 282 g/mol. The maximum absolute atomic E-state index is 12.4. The Hall–Kier alpha value is -1.26. The molecule has 2 aliphatic rings. The highest BCUT2D eigenvalue weighted by Crippen LogP contribution is 2.30. The number of hydrogen-bond donors (Lipinski definition) is 1. The second-order valence-corrected chi connectivity index (χ2v) is 6.53. The largest absolute Gasteiger partial charge is 0.481 e. The van der Waals surface area contributed by atoms with Gasteiger partial charge in [-0.2, -0.15) is 0 Å². The highest BCUT2D eigenvalue weighted by Gasteiger charge is 2.31. The average Bonchev–Trinajstić information content (AvgIpc) is 3.21. The molecule has 1 aliphatic carbocycles. The molecule has 2 fully saturated rings. The third-order valence-electron chi connectivity index (χ3n) is 4.59. The van der Waals surface area contributed by atoms with Gasteiger partial charge in [0.25, 0.3) is 0 Å². The first kappa shape index (κ1) is 15.1. The first-order valence-corrected chi connectivity index (χ1v) is 7.69. The lowest BCUT2D eigenvalue weighted by atomic mass is 9.85. The van der Waals surface area contributed by atoms with Crippen LogP contribution in [0.15, 0.2) is 0 Å². The number of urea groups is 1. The maximum atomic E-state index is 12.4. The fraction of sp³-hybridized carbons (Fsp3) is 0.867. The number of piperidine rings is 1. The maximum Gasteiger partial charge on any atom is 0.319 e. The Labute approximate surface area is 120 Å². The van der Waals surface area contributed by atoms with E-state index in [4.69, 9.17) is 5.11 Å². The summed E-state index contributed by atoms with van der Waals surface area (Å²) in [7, 11) is 1.88. The molecule has 114 valence electrons. The minimum atomic E-state index is -0.744. The van der Waals surface area contributed by atoms with Crippen LogP contribution >= 0.6 is 0 Å². The molecule has 2 atom stereocenters. The van der Waals surface area contributed by atoms with Gasteiger partial charge >= 0.3 is 12.0 Å². The van der Waals surface area contributed by atoms with Crippen LogP contribution in [0.5, 0.6) is 0 Å². The molecule has 0 aromatic heterocycles. The summed E-state index contributed by atoms with van der Waals surface area (Å²) < 4.78 is 0. The molecule has 0 spiro atoms. The van der Waals surface area contributed by atoms with Crippen molar-refractivity contribution in [2.45, 2.75) is 39.0 Å². The molecule has 0 radical (unpaired) electrons. The molecule has 0 bridgehead atoms. The molecule has 2 unspecified atom stereocenters. The van der Waals surface area contributed by atoms with E-state index in [2.05, 4.69) is 0 Å². The standard InChI is InChI=1S/C15H26N2O3/c1-11(8-14(18)19)13-4-3-7-17(10-13)15(20)16(2)9-12-5-6-12/h11-13H,3-10H2,1-2H3,(H,18,19). The second-order valence-electron chi connectivity index (χ2n) is 6.53. The van der Waals surface area contributed by atoms with Gasteiger partial charge in [-0.1, -0.05) is 6.92 Å². The Morgan fingerprint density at radius 1 is 1.35 bits per heavy atom. The Morgan fingerprint density at radius 2 is 2.05 bits per heavy atom. The number of rotatable bonds is 5. The molecule has 1 saturated heterocycles. The number of carbonyl (C=O) groups is 2. The Kier molecular flexibility index (Phi) is 4.89. The fourth-order valence-electron chi connectivity index (χ4n) is 3.10. The van der Waals surface area contributed by atoms with Crippen LogP contribution in [0.2, 0.25) is 0 Å². The summed E-state index contributed by atoms with van der Waals surface area (Å²) in [6.45, 7) is 4.37. The van der Waals surface area contributed by atoms with E-state index in [1.807, 2.05) is 23.8 Å². The summed E-state index contributed by atoms with van der Waals surface area (Å²) in [6, 6.07) is 0.115. The van der Waals surface area contributed by atoms with Gasteiger partial charge in [0.15, 0.2) is 0 Å². The van der Waals surface area contributed by atoms with Gasteiger partial charge in [0.1, 0.15) is 0 Å². The van der Waals surface area contributed by atoms with Crippen molar-refractivity contribution in [1.82, 2.24) is 9.80 Å². The zero-order valence-corrected chi connectivity index (χ0v) is 12.5. The number of likely N-dealkylation sites (tertiary alicyclic amines) is 1. The van der Waals surface area contributed by atoms with Gasteiger partial charge in [0, 0.05) is 33.1 Å². The topological polar surface area (TPSA) is 60.9 Å². The molecule has 1 aliphatic heterocycles. The minimum Gasteiger partial charge on any atom is -0.481 e. The van der Waals surface area contributed by atoms with Gasteiger partial charge in [-0.3, -0.25) is 4.79 Å². The molecule has 5 nitrogen and oxygen atoms in total. The van der Waals surface area contributed by atoms with Crippen LogP contribution in [0.25, 0.3) is 0 Å². The molecule has 0 aromatic carbocycles. The molecule has 0 aromatic rings. The summed E-state index contributed by atoms with van der Waals surface area (Å²) in [4.78, 5) is 26.9. The molecule has 2 amide bonds. The Bertz CT molecular complexity index is 368. The van der Waals surface area contributed by atoms with Gasteiger partial charge in [0.2, 0.25) is 0 Å². The van der Waals surface area contributed by atoms with Crippen LogP contribution in [0.1, 0.15) is 39.0 Å². The highest BCUT2D eigenvalue weighted by atomic mass is 16.4. The predicted octanol–water partition coefficient (Wildman–Crippen LogP) is 2.27. The lowest BCUT2D eigenvalue weighted by Crippen LogP contribution is -2.47. The van der Waals surface area contributed by atoms with E-state index >= 15 is 0 Å². The lowest BCUT2D eigenvalue weighted by Gasteiger charge is -2.37. The Balaban J connectivity index is 1.85. The van der Waals surface area contributed by atoms with Crippen LogP contribution in [-0.2, 0) is 4.79 Å². The number of hydrogen-bond acceptors (Lipinski definition) is 2. The molecule has 1 N–H and O–H groups in total. The normalized spacial score (nSPS) is 24.3. The first-order valence-electron chi connectivity index (χ1n) is 7.69. The molecular formula is C15H26N2O3. The first-order chi connectivity index (χ1) is 9.47. The van der Waals surface area contributed by atoms with E-state index in [1.54, 1.807) is 0 Å². The van der Waals surface area contributed by atoms with Gasteiger partial charge in [-0.25, -0.2) is 4.79 Å². The van der Waals surface area contributed by atoms with E-state index in [0.717, 1.165) is 25.9 Å². The van der Waals surface area contributed by atoms with Crippen molar-refractivity contribution < 1.29 is 14.7 Å². The minimum absolute atomic E-state index is 0.115. The highest BCUT2D eigenvalue weighted by molar-refractivity contribution is 5.74. The summed E-state index contributed by atoms with van der Waals surface area (Å²) in [5, 5.41) is 8.90. The molecule has 1 saturated carbocycles. The van der Waals surface area contributed by atoms with E-state index in [0.29, 0.717) is 18.4 Å². The number of carboxylic acid groups (broad SMARTS) is 1. The van der Waals surface area contributed by atoms with Gasteiger partial charge in [-0.15, -0.1) is 0 Å². The van der Waals surface area contributed by atoms with Crippen LogP contribution in [0.3, 0.4) is 0 Å². The number of aliphatic carboxylic acids is 1. The summed E-state index contributed by atoms with van der Waals surface area (Å²) in [6.07, 6.45) is 4.71. The molecule has 5 heteroatoms. The van der Waals surface area contributed by atoms with Crippen molar-refractivity contribution in [3.8, 4) is 0 Å². The molecule has 1 heterocycles. The van der Waals surface area contributed by atoms with E-state index in [-0.39, 0.29) is 18.4 Å². The molecule has 2 rings (SSSR count). The van der Waals surface area contributed by atoms with Crippen LogP contribution in [-0.4, -0.2) is 53.6 Å². The van der Waals surface area contributed by atoms with Crippen LogP contribution < -0.4 is 0 Å². The van der Waals surface area contributed by atoms with Crippen molar-refractivity contribution >= 4 is 12.0 Å². The van der Waals surface area contributed by atoms with Crippen LogP contribution in [0, 0.1) is 17.8 Å². The third-order valence-corrected chi connectivity index (χ3v) is 4.59. The Morgan fingerprint density at radius 3 is 2.65 bits per heavy atom. The molecular weight excluding hydrogens is 256 g/mol. The predicted molar refractivity (Wildman–Crippen MR) is 76.5 cm³/mol. The van der Waals surface area contributed by atoms with E-state index < -0.39 is 5.97 Å². The third kappa shape index (κ3) is 4.12. The van der Waals surface area contributed by atoms with Crippen molar-refractivity contribution in [2.24, 2.45) is 17.8 Å². The van der Waals surface area contributed by atoms with Crippen molar-refractivity contribution in [3.05, 3.63) is 0 Å². The number of amides is 2. The van der Waals surface area contributed by atoms with Crippen LogP contribution in [0.4, 0.5) is 4.79 Å². The van der Waals surface area contributed by atoms with Crippen molar-refractivity contribution in [3.63, 3.8) is 0 Å². The lowest BCUT2D eigenvalue weighted by molar-refractivity contribution is -0.138. The summed E-state index contributed by atoms with van der Waals surface area (Å²) >= 11 is 0. The number of carboxylic acids is 1. The zero-order valence-electron chi connectivity index (χ0n) is 12.5. The summed E-state index contributed by atoms with van der Waals surface area (Å²) in [5.41, 5.74) is 0. The quantitative estimate of drug-likeness (QED) is 0.841.